The summed E-state index contributed by atoms with van der Waals surface area (Å²) in [6.45, 7) is 2.11. The molecule has 0 fully saturated rings. The molecular weight excluding hydrogens is 349 g/mol. The first-order chi connectivity index (χ1) is 8.63. The molecule has 18 heavy (non-hydrogen) atoms. The van der Waals surface area contributed by atoms with Crippen LogP contribution in [0, 0.1) is 3.57 Å². The van der Waals surface area contributed by atoms with Gasteiger partial charge in [0.15, 0.2) is 6.61 Å². The van der Waals surface area contributed by atoms with Crippen LogP contribution in [0.2, 0.25) is 0 Å². The number of carbonyl (C=O) groups is 2. The molecule has 0 bridgehead atoms. The summed E-state index contributed by atoms with van der Waals surface area (Å²) in [4.78, 5) is 22.4. The number of urea groups is 1. The first-order valence-corrected chi connectivity index (χ1v) is 6.41. The number of carbonyl (C=O) groups excluding carboxylic acids is 2. The van der Waals surface area contributed by atoms with Gasteiger partial charge in [-0.2, -0.15) is 0 Å². The Morgan fingerprint density at radius 1 is 1.28 bits per heavy atom. The third-order valence-electron chi connectivity index (χ3n) is 1.85. The SMILES string of the molecule is CCNC(=O)NNC(=O)COc1ccccc1I. The highest BCUT2D eigenvalue weighted by Gasteiger charge is 2.05. The molecule has 1 rings (SSSR count). The highest BCUT2D eigenvalue weighted by molar-refractivity contribution is 14.1. The van der Waals surface area contributed by atoms with Crippen molar-refractivity contribution in [3.05, 3.63) is 27.8 Å². The molecule has 98 valence electrons. The second-order valence-corrected chi connectivity index (χ2v) is 4.41. The predicted octanol–water partition coefficient (Wildman–Crippen LogP) is 1.02. The number of rotatable bonds is 4. The van der Waals surface area contributed by atoms with E-state index in [1.54, 1.807) is 13.0 Å². The molecule has 0 radical (unpaired) electrons. The standard InChI is InChI=1S/C11H14IN3O3/c1-2-13-11(17)15-14-10(16)7-18-9-6-4-3-5-8(9)12/h3-6H,2,7H2,1H3,(H,14,16)(H2,13,15,17). The van der Waals surface area contributed by atoms with E-state index >= 15 is 0 Å². The average Bonchev–Trinajstić information content (AvgIpc) is 2.36. The summed E-state index contributed by atoms with van der Waals surface area (Å²) in [6.07, 6.45) is 0. The molecule has 0 aliphatic heterocycles. The minimum atomic E-state index is -0.458. The highest BCUT2D eigenvalue weighted by Crippen LogP contribution is 2.19. The topological polar surface area (TPSA) is 79.5 Å². The number of hydrogen-bond donors (Lipinski definition) is 3. The van der Waals surface area contributed by atoms with Crippen molar-refractivity contribution in [2.24, 2.45) is 0 Å². The van der Waals surface area contributed by atoms with Crippen LogP contribution in [0.4, 0.5) is 4.79 Å². The molecule has 7 heteroatoms. The van der Waals surface area contributed by atoms with E-state index in [1.165, 1.54) is 0 Å². The molecule has 0 aliphatic rings. The lowest BCUT2D eigenvalue weighted by Gasteiger charge is -2.09. The number of nitrogens with one attached hydrogen (secondary N) is 3. The Kier molecular flexibility index (Phi) is 6.26. The van der Waals surface area contributed by atoms with Crippen molar-refractivity contribution in [3.8, 4) is 5.75 Å². The van der Waals surface area contributed by atoms with Gasteiger partial charge in [-0.15, -0.1) is 0 Å². The van der Waals surface area contributed by atoms with Crippen molar-refractivity contribution in [2.45, 2.75) is 6.92 Å². The summed E-state index contributed by atoms with van der Waals surface area (Å²) in [6, 6.07) is 6.89. The van der Waals surface area contributed by atoms with Gasteiger partial charge in [0.05, 0.1) is 3.57 Å². The van der Waals surface area contributed by atoms with Gasteiger partial charge < -0.3 is 10.1 Å². The lowest BCUT2D eigenvalue weighted by Crippen LogP contribution is -2.48. The smallest absolute Gasteiger partial charge is 0.333 e. The molecule has 0 spiro atoms. The molecule has 0 saturated carbocycles. The third-order valence-corrected chi connectivity index (χ3v) is 2.74. The van der Waals surface area contributed by atoms with Gasteiger partial charge in [-0.1, -0.05) is 12.1 Å². The van der Waals surface area contributed by atoms with E-state index < -0.39 is 11.9 Å². The first kappa shape index (κ1) is 14.6. The van der Waals surface area contributed by atoms with Crippen LogP contribution in [-0.2, 0) is 4.79 Å². The van der Waals surface area contributed by atoms with Crippen molar-refractivity contribution in [1.29, 1.82) is 0 Å². The van der Waals surface area contributed by atoms with E-state index in [0.717, 1.165) is 3.57 Å². The molecule has 0 heterocycles. The van der Waals surface area contributed by atoms with Crippen LogP contribution in [0.25, 0.3) is 0 Å². The number of halogens is 1. The fraction of sp³-hybridized carbons (Fsp3) is 0.273. The molecule has 6 nitrogen and oxygen atoms in total. The number of hydrazine groups is 1. The second kappa shape index (κ2) is 7.75. The number of ether oxygens (including phenoxy) is 1. The van der Waals surface area contributed by atoms with E-state index in [4.69, 9.17) is 4.74 Å². The zero-order valence-corrected chi connectivity index (χ0v) is 12.0. The summed E-state index contributed by atoms with van der Waals surface area (Å²) in [7, 11) is 0. The largest absolute Gasteiger partial charge is 0.483 e. The predicted molar refractivity (Wildman–Crippen MR) is 75.0 cm³/mol. The van der Waals surface area contributed by atoms with Crippen LogP contribution in [-0.4, -0.2) is 25.1 Å². The summed E-state index contributed by atoms with van der Waals surface area (Å²) < 4.78 is 6.22. The number of para-hydroxylation sites is 1. The summed E-state index contributed by atoms with van der Waals surface area (Å²) >= 11 is 2.11. The minimum Gasteiger partial charge on any atom is -0.483 e. The number of benzene rings is 1. The van der Waals surface area contributed by atoms with Crippen LogP contribution < -0.4 is 20.9 Å². The van der Waals surface area contributed by atoms with Crippen molar-refractivity contribution >= 4 is 34.5 Å². The zero-order chi connectivity index (χ0) is 13.4. The summed E-state index contributed by atoms with van der Waals surface area (Å²) in [5, 5.41) is 2.48. The Morgan fingerprint density at radius 2 is 2.00 bits per heavy atom. The molecular formula is C11H14IN3O3. The molecule has 1 aromatic carbocycles. The fourth-order valence-corrected chi connectivity index (χ4v) is 1.62. The Hall–Kier alpha value is -1.51. The average molecular weight is 363 g/mol. The Bertz CT molecular complexity index is 426. The first-order valence-electron chi connectivity index (χ1n) is 5.33. The molecule has 0 aromatic heterocycles. The van der Waals surface area contributed by atoms with Crippen LogP contribution >= 0.6 is 22.6 Å². The van der Waals surface area contributed by atoms with E-state index in [9.17, 15) is 9.59 Å². The van der Waals surface area contributed by atoms with Crippen LogP contribution in [0.1, 0.15) is 6.92 Å². The lowest BCUT2D eigenvalue weighted by atomic mass is 10.3. The van der Waals surface area contributed by atoms with Crippen molar-refractivity contribution in [2.75, 3.05) is 13.2 Å². The molecule has 1 aromatic rings. The maximum atomic E-state index is 11.4. The van der Waals surface area contributed by atoms with E-state index in [2.05, 4.69) is 38.8 Å². The van der Waals surface area contributed by atoms with Gasteiger partial charge in [0.1, 0.15) is 5.75 Å². The van der Waals surface area contributed by atoms with Crippen LogP contribution in [0.15, 0.2) is 24.3 Å². The normalized spacial score (nSPS) is 9.44. The van der Waals surface area contributed by atoms with Crippen molar-refractivity contribution in [3.63, 3.8) is 0 Å². The van der Waals surface area contributed by atoms with E-state index in [-0.39, 0.29) is 6.61 Å². The van der Waals surface area contributed by atoms with Crippen molar-refractivity contribution in [1.82, 2.24) is 16.2 Å². The van der Waals surface area contributed by atoms with Crippen molar-refractivity contribution < 1.29 is 14.3 Å². The Morgan fingerprint density at radius 3 is 2.67 bits per heavy atom. The quantitative estimate of drug-likeness (QED) is 0.552. The van der Waals surface area contributed by atoms with Gasteiger partial charge in [0.2, 0.25) is 0 Å². The molecule has 0 saturated heterocycles. The van der Waals surface area contributed by atoms with E-state index in [1.807, 2.05) is 18.2 Å². The molecule has 0 aliphatic carbocycles. The summed E-state index contributed by atoms with van der Waals surface area (Å²) in [5.41, 5.74) is 4.43. The maximum Gasteiger partial charge on any atom is 0.333 e. The number of hydrogen-bond acceptors (Lipinski definition) is 3. The molecule has 0 atom stereocenters. The monoisotopic (exact) mass is 363 g/mol. The summed E-state index contributed by atoms with van der Waals surface area (Å²) in [5.74, 6) is 0.201. The second-order valence-electron chi connectivity index (χ2n) is 3.25. The molecule has 3 amide bonds. The molecule has 3 N–H and O–H groups in total. The van der Waals surface area contributed by atoms with Gasteiger partial charge >= 0.3 is 6.03 Å². The zero-order valence-electron chi connectivity index (χ0n) is 9.83. The third kappa shape index (κ3) is 5.21. The number of amides is 3. The molecule has 0 unspecified atom stereocenters. The van der Waals surface area contributed by atoms with Gasteiger partial charge in [-0.3, -0.25) is 10.2 Å². The fourth-order valence-electron chi connectivity index (χ4n) is 1.07. The maximum absolute atomic E-state index is 11.4. The Labute approximate surface area is 119 Å². The van der Waals surface area contributed by atoms with E-state index in [0.29, 0.717) is 12.3 Å². The lowest BCUT2D eigenvalue weighted by molar-refractivity contribution is -0.123. The van der Waals surface area contributed by atoms with Gasteiger partial charge in [-0.05, 0) is 41.6 Å². The van der Waals surface area contributed by atoms with Gasteiger partial charge in [0.25, 0.3) is 5.91 Å². The van der Waals surface area contributed by atoms with Crippen LogP contribution in [0.3, 0.4) is 0 Å². The Balaban J connectivity index is 2.29. The van der Waals surface area contributed by atoms with Gasteiger partial charge in [0, 0.05) is 6.54 Å². The highest BCUT2D eigenvalue weighted by atomic mass is 127. The van der Waals surface area contributed by atoms with Crippen LogP contribution in [0.5, 0.6) is 5.75 Å². The minimum absolute atomic E-state index is 0.160. The van der Waals surface area contributed by atoms with Gasteiger partial charge in [-0.25, -0.2) is 10.2 Å².